The van der Waals surface area contributed by atoms with E-state index in [1.807, 2.05) is 0 Å². The summed E-state index contributed by atoms with van der Waals surface area (Å²) >= 11 is 0. The normalized spacial score (nSPS) is 15.6. The van der Waals surface area contributed by atoms with Crippen LogP contribution in [0.1, 0.15) is 36.8 Å². The molecule has 0 saturated carbocycles. The zero-order valence-electron chi connectivity index (χ0n) is 23.8. The van der Waals surface area contributed by atoms with Crippen molar-refractivity contribution in [2.75, 3.05) is 31.3 Å². The Labute approximate surface area is 243 Å². The van der Waals surface area contributed by atoms with Crippen LogP contribution in [0.25, 0.3) is 21.5 Å². The van der Waals surface area contributed by atoms with Gasteiger partial charge in [-0.2, -0.15) is 0 Å². The Morgan fingerprint density at radius 2 is 0.976 bits per heavy atom. The van der Waals surface area contributed by atoms with Gasteiger partial charge in [0.1, 0.15) is 0 Å². The highest BCUT2D eigenvalue weighted by Crippen LogP contribution is 2.43. The molecular formula is C38H39NO2. The van der Waals surface area contributed by atoms with E-state index in [0.717, 1.165) is 51.1 Å². The number of anilines is 3. The molecule has 2 aliphatic heterocycles. The molecule has 2 heterocycles. The van der Waals surface area contributed by atoms with E-state index in [0.29, 0.717) is 0 Å². The van der Waals surface area contributed by atoms with Crippen molar-refractivity contribution in [3.63, 3.8) is 0 Å². The molecule has 0 atom stereocenters. The lowest BCUT2D eigenvalue weighted by atomic mass is 9.97. The van der Waals surface area contributed by atoms with Crippen molar-refractivity contribution in [3.05, 3.63) is 114 Å². The van der Waals surface area contributed by atoms with Gasteiger partial charge in [-0.1, -0.05) is 72.8 Å². The Bertz CT molecular complexity index is 1480. The highest BCUT2D eigenvalue weighted by molar-refractivity contribution is 6.14. The van der Waals surface area contributed by atoms with Crippen molar-refractivity contribution in [3.8, 4) is 0 Å². The molecule has 0 unspecified atom stereocenters. The van der Waals surface area contributed by atoms with E-state index in [2.05, 4.69) is 108 Å². The standard InChI is InChI=1S/C38H39NO2/c1-3-13-36-32(11-1)23-33-12-2-4-14-37(33)38(36)39(34-19-15-28(16-20-34)7-5-9-30-24-40-25-30)35-21-17-29(18-22-35)8-6-10-31-26-41-27-31/h1-4,11-23,30-31H,5-10,24-27H2. The van der Waals surface area contributed by atoms with Gasteiger partial charge in [-0.15, -0.1) is 0 Å². The molecule has 0 spiro atoms. The Kier molecular flexibility index (Phi) is 7.72. The van der Waals surface area contributed by atoms with Crippen molar-refractivity contribution < 1.29 is 9.47 Å². The average Bonchev–Trinajstić information content (AvgIpc) is 2.97. The fraction of sp³-hybridized carbons (Fsp3) is 0.316. The van der Waals surface area contributed by atoms with Crippen molar-refractivity contribution >= 4 is 38.6 Å². The van der Waals surface area contributed by atoms with Gasteiger partial charge in [0, 0.05) is 34.0 Å². The van der Waals surface area contributed by atoms with E-state index in [1.54, 1.807) is 0 Å². The van der Waals surface area contributed by atoms with Crippen LogP contribution in [0.15, 0.2) is 103 Å². The summed E-state index contributed by atoms with van der Waals surface area (Å²) < 4.78 is 10.7. The lowest BCUT2D eigenvalue weighted by Crippen LogP contribution is -2.27. The SMILES string of the molecule is c1ccc2c(N(c3ccc(CCCC4COC4)cc3)c3ccc(CCCC4COC4)cc3)c3ccccc3cc2c1. The van der Waals surface area contributed by atoms with Crippen LogP contribution in [-0.2, 0) is 22.3 Å². The maximum Gasteiger partial charge on any atom is 0.0618 e. The summed E-state index contributed by atoms with van der Waals surface area (Å²) in [4.78, 5) is 2.47. The number of hydrogen-bond donors (Lipinski definition) is 0. The first kappa shape index (κ1) is 26.3. The molecule has 2 saturated heterocycles. The van der Waals surface area contributed by atoms with Crippen LogP contribution >= 0.6 is 0 Å². The van der Waals surface area contributed by atoms with Gasteiger partial charge in [0.15, 0.2) is 0 Å². The van der Waals surface area contributed by atoms with Gasteiger partial charge in [-0.05, 0) is 90.8 Å². The first-order valence-corrected chi connectivity index (χ1v) is 15.4. The molecule has 3 heteroatoms. The molecule has 3 nitrogen and oxygen atoms in total. The van der Waals surface area contributed by atoms with Crippen LogP contribution in [0.3, 0.4) is 0 Å². The second kappa shape index (κ2) is 12.1. The fourth-order valence-electron chi connectivity index (χ4n) is 6.35. The largest absolute Gasteiger partial charge is 0.381 e. The van der Waals surface area contributed by atoms with Gasteiger partial charge < -0.3 is 14.4 Å². The second-order valence-electron chi connectivity index (χ2n) is 11.9. The molecule has 0 radical (unpaired) electrons. The van der Waals surface area contributed by atoms with Gasteiger partial charge in [-0.3, -0.25) is 0 Å². The molecule has 2 fully saturated rings. The molecule has 41 heavy (non-hydrogen) atoms. The number of ether oxygens (including phenoxy) is 2. The topological polar surface area (TPSA) is 21.7 Å². The van der Waals surface area contributed by atoms with E-state index in [4.69, 9.17) is 9.47 Å². The maximum atomic E-state index is 5.36. The van der Waals surface area contributed by atoms with Crippen molar-refractivity contribution in [1.82, 2.24) is 0 Å². The molecule has 7 rings (SSSR count). The molecular weight excluding hydrogens is 502 g/mol. The first-order chi connectivity index (χ1) is 20.3. The predicted molar refractivity (Wildman–Crippen MR) is 171 cm³/mol. The van der Waals surface area contributed by atoms with Gasteiger partial charge >= 0.3 is 0 Å². The lowest BCUT2D eigenvalue weighted by Gasteiger charge is -2.29. The zero-order valence-corrected chi connectivity index (χ0v) is 23.8. The monoisotopic (exact) mass is 541 g/mol. The minimum Gasteiger partial charge on any atom is -0.381 e. The van der Waals surface area contributed by atoms with Crippen molar-refractivity contribution in [2.24, 2.45) is 11.8 Å². The Morgan fingerprint density at radius 1 is 0.537 bits per heavy atom. The van der Waals surface area contributed by atoms with Crippen LogP contribution in [0.5, 0.6) is 0 Å². The van der Waals surface area contributed by atoms with Crippen LogP contribution < -0.4 is 4.90 Å². The van der Waals surface area contributed by atoms with E-state index in [1.165, 1.54) is 75.4 Å². The highest BCUT2D eigenvalue weighted by atomic mass is 16.5. The minimum absolute atomic E-state index is 0.764. The summed E-state index contributed by atoms with van der Waals surface area (Å²) in [6, 6.07) is 38.5. The molecule has 0 aliphatic carbocycles. The Hall–Kier alpha value is -3.66. The lowest BCUT2D eigenvalue weighted by molar-refractivity contribution is -0.0362. The molecule has 0 amide bonds. The minimum atomic E-state index is 0.764. The summed E-state index contributed by atoms with van der Waals surface area (Å²) in [5.74, 6) is 1.53. The predicted octanol–water partition coefficient (Wildman–Crippen LogP) is 9.40. The van der Waals surface area contributed by atoms with Crippen molar-refractivity contribution in [2.45, 2.75) is 38.5 Å². The average molecular weight is 542 g/mol. The third kappa shape index (κ3) is 5.75. The van der Waals surface area contributed by atoms with Gasteiger partial charge in [0.25, 0.3) is 0 Å². The fourth-order valence-corrected chi connectivity index (χ4v) is 6.35. The first-order valence-electron chi connectivity index (χ1n) is 15.4. The summed E-state index contributed by atoms with van der Waals surface area (Å²) in [5, 5.41) is 5.06. The van der Waals surface area contributed by atoms with Crippen molar-refractivity contribution in [1.29, 1.82) is 0 Å². The van der Waals surface area contributed by atoms with E-state index in [-0.39, 0.29) is 0 Å². The summed E-state index contributed by atoms with van der Waals surface area (Å²) in [5.41, 5.74) is 6.45. The van der Waals surface area contributed by atoms with E-state index in [9.17, 15) is 0 Å². The number of rotatable bonds is 11. The Balaban J connectivity index is 1.24. The van der Waals surface area contributed by atoms with Gasteiger partial charge in [0.2, 0.25) is 0 Å². The highest BCUT2D eigenvalue weighted by Gasteiger charge is 2.20. The van der Waals surface area contributed by atoms with Crippen LogP contribution in [0.4, 0.5) is 17.1 Å². The maximum absolute atomic E-state index is 5.36. The summed E-state index contributed by atoms with van der Waals surface area (Å²) in [7, 11) is 0. The number of nitrogens with zero attached hydrogens (tertiary/aromatic N) is 1. The molecule has 2 aliphatic rings. The smallest absolute Gasteiger partial charge is 0.0618 e. The van der Waals surface area contributed by atoms with Crippen LogP contribution in [0, 0.1) is 11.8 Å². The molecule has 0 bridgehead atoms. The van der Waals surface area contributed by atoms with Gasteiger partial charge in [0.05, 0.1) is 32.1 Å². The van der Waals surface area contributed by atoms with E-state index < -0.39 is 0 Å². The van der Waals surface area contributed by atoms with Crippen LogP contribution in [-0.4, -0.2) is 26.4 Å². The van der Waals surface area contributed by atoms with Gasteiger partial charge in [-0.25, -0.2) is 0 Å². The number of fused-ring (bicyclic) bond motifs is 2. The quantitative estimate of drug-likeness (QED) is 0.155. The molecule has 5 aromatic carbocycles. The summed E-state index contributed by atoms with van der Waals surface area (Å²) in [6.07, 6.45) is 7.21. The molecule has 0 N–H and O–H groups in total. The zero-order chi connectivity index (χ0) is 27.4. The molecule has 5 aromatic rings. The number of benzene rings is 5. The molecule has 0 aromatic heterocycles. The van der Waals surface area contributed by atoms with E-state index >= 15 is 0 Å². The number of aryl methyl sites for hydroxylation is 2. The molecule has 208 valence electrons. The van der Waals surface area contributed by atoms with Crippen LogP contribution in [0.2, 0.25) is 0 Å². The number of hydrogen-bond acceptors (Lipinski definition) is 3. The Morgan fingerprint density at radius 3 is 1.39 bits per heavy atom. The third-order valence-corrected chi connectivity index (χ3v) is 8.93. The third-order valence-electron chi connectivity index (χ3n) is 8.93. The second-order valence-corrected chi connectivity index (χ2v) is 11.9. The summed E-state index contributed by atoms with van der Waals surface area (Å²) in [6.45, 7) is 3.78.